The number of imidazole rings is 1. The molecule has 1 aromatic heterocycles. The average Bonchev–Trinajstić information content (AvgIpc) is 3.90. The molecule has 14 nitrogen and oxygen atoms in total. The fourth-order valence-corrected chi connectivity index (χ4v) is 8.57. The number of rotatable bonds is 12. The van der Waals surface area contributed by atoms with Crippen molar-refractivity contribution in [1.82, 2.24) is 29.2 Å². The van der Waals surface area contributed by atoms with Crippen molar-refractivity contribution in [3.8, 4) is 11.3 Å². The Hall–Kier alpha value is -5.55. The fourth-order valence-electron chi connectivity index (χ4n) is 8.57. The minimum atomic E-state index is -1.99. The standard InChI is InChI=1S/C45H53F3N6O8/c1-44(2,3)62-43(59)52-24-31(45(4,48)28-52)25-54(42(58)36-27-50(18-21-61-36)37(55)14-17-53-38(56)12-13-39(53)57)40(30-15-19-60-20-16-30)41-49-35(33-22-32(46)10-11-34(33)47)26-51(41)23-29-8-6-5-7-9-29/h5-13,22,26,30-31,36,40H,14-21,23-25,27-28H2,1-4H3. The van der Waals surface area contributed by atoms with Crippen molar-refractivity contribution >= 4 is 29.7 Å². The van der Waals surface area contributed by atoms with Crippen LogP contribution in [0.3, 0.4) is 0 Å². The molecule has 4 unspecified atom stereocenters. The minimum Gasteiger partial charge on any atom is -0.444 e. The number of carbonyl (C=O) groups is 5. The summed E-state index contributed by atoms with van der Waals surface area (Å²) in [5.74, 6) is -4.27. The maximum atomic E-state index is 17.0. The highest BCUT2D eigenvalue weighted by Crippen LogP contribution is 2.41. The van der Waals surface area contributed by atoms with Gasteiger partial charge in [0.1, 0.15) is 28.7 Å². The Balaban J connectivity index is 1.29. The maximum Gasteiger partial charge on any atom is 0.410 e. The molecule has 0 aliphatic carbocycles. The second kappa shape index (κ2) is 18.4. The Bertz CT molecular complexity index is 2170. The van der Waals surface area contributed by atoms with Crippen molar-refractivity contribution in [1.29, 1.82) is 0 Å². The second-order valence-corrected chi connectivity index (χ2v) is 17.6. The van der Waals surface area contributed by atoms with Gasteiger partial charge in [-0.3, -0.25) is 24.1 Å². The molecule has 0 spiro atoms. The highest BCUT2D eigenvalue weighted by atomic mass is 19.1. The normalized spacial score (nSPS) is 22.7. The van der Waals surface area contributed by atoms with E-state index in [0.717, 1.165) is 40.8 Å². The lowest BCUT2D eigenvalue weighted by atomic mass is 9.87. The largest absolute Gasteiger partial charge is 0.444 e. The topological polar surface area (TPSA) is 144 Å². The summed E-state index contributed by atoms with van der Waals surface area (Å²) in [5.41, 5.74) is -1.93. The fraction of sp³-hybridized carbons (Fsp3) is 0.511. The van der Waals surface area contributed by atoms with Gasteiger partial charge < -0.3 is 33.5 Å². The van der Waals surface area contributed by atoms with Crippen LogP contribution >= 0.6 is 0 Å². The third kappa shape index (κ3) is 10.2. The number of aromatic nitrogens is 2. The van der Waals surface area contributed by atoms with E-state index in [-0.39, 0.29) is 76.0 Å². The van der Waals surface area contributed by atoms with Gasteiger partial charge in [0.15, 0.2) is 6.10 Å². The summed E-state index contributed by atoms with van der Waals surface area (Å²) in [4.78, 5) is 76.8. The number of morpholine rings is 1. The molecule has 332 valence electrons. The quantitative estimate of drug-likeness (QED) is 0.222. The van der Waals surface area contributed by atoms with Crippen LogP contribution in [-0.2, 0) is 39.9 Å². The third-order valence-electron chi connectivity index (χ3n) is 11.8. The molecule has 7 rings (SSSR count). The van der Waals surface area contributed by atoms with Gasteiger partial charge in [0.2, 0.25) is 5.91 Å². The van der Waals surface area contributed by atoms with Crippen molar-refractivity contribution in [2.75, 3.05) is 59.1 Å². The van der Waals surface area contributed by atoms with E-state index in [1.807, 2.05) is 30.3 Å². The van der Waals surface area contributed by atoms with E-state index in [4.69, 9.17) is 19.2 Å². The first kappa shape index (κ1) is 44.5. The molecule has 2 aromatic carbocycles. The van der Waals surface area contributed by atoms with Crippen LogP contribution in [0.25, 0.3) is 11.3 Å². The van der Waals surface area contributed by atoms with E-state index in [1.165, 1.54) is 16.7 Å². The summed E-state index contributed by atoms with van der Waals surface area (Å²) < 4.78 is 66.4. The van der Waals surface area contributed by atoms with Gasteiger partial charge >= 0.3 is 6.09 Å². The zero-order valence-corrected chi connectivity index (χ0v) is 35.4. The summed E-state index contributed by atoms with van der Waals surface area (Å²) in [7, 11) is 0. The Kier molecular flexibility index (Phi) is 13.2. The number of carbonyl (C=O) groups excluding carboxylic acids is 5. The third-order valence-corrected chi connectivity index (χ3v) is 11.8. The zero-order chi connectivity index (χ0) is 44.3. The van der Waals surface area contributed by atoms with Crippen molar-refractivity contribution in [2.24, 2.45) is 11.8 Å². The number of halogens is 3. The summed E-state index contributed by atoms with van der Waals surface area (Å²) in [6.07, 6.45) is 2.75. The summed E-state index contributed by atoms with van der Waals surface area (Å²) in [6.45, 7) is 6.72. The molecular formula is C45H53F3N6O8. The van der Waals surface area contributed by atoms with Gasteiger partial charge in [0.25, 0.3) is 17.7 Å². The molecule has 5 amide bonds. The summed E-state index contributed by atoms with van der Waals surface area (Å²) in [5, 5.41) is 0. The van der Waals surface area contributed by atoms with E-state index >= 15 is 13.6 Å². The van der Waals surface area contributed by atoms with Crippen molar-refractivity contribution in [3.05, 3.63) is 89.9 Å². The lowest BCUT2D eigenvalue weighted by Crippen LogP contribution is -2.56. The first-order chi connectivity index (χ1) is 29.5. The first-order valence-corrected chi connectivity index (χ1v) is 21.0. The summed E-state index contributed by atoms with van der Waals surface area (Å²) in [6, 6.07) is 11.6. The first-order valence-electron chi connectivity index (χ1n) is 21.0. The minimum absolute atomic E-state index is 0.0106. The van der Waals surface area contributed by atoms with E-state index in [0.29, 0.717) is 31.9 Å². The molecule has 4 aliphatic heterocycles. The molecule has 3 aromatic rings. The molecule has 0 N–H and O–H groups in total. The van der Waals surface area contributed by atoms with Crippen LogP contribution in [0.4, 0.5) is 18.0 Å². The Labute approximate surface area is 358 Å². The van der Waals surface area contributed by atoms with Crippen LogP contribution in [0.15, 0.2) is 66.9 Å². The van der Waals surface area contributed by atoms with Gasteiger partial charge in [0.05, 0.1) is 31.4 Å². The van der Waals surface area contributed by atoms with Gasteiger partial charge in [-0.25, -0.2) is 22.9 Å². The molecule has 0 bridgehead atoms. The van der Waals surface area contributed by atoms with Gasteiger partial charge in [-0.1, -0.05) is 30.3 Å². The van der Waals surface area contributed by atoms with Crippen LogP contribution < -0.4 is 0 Å². The second-order valence-electron chi connectivity index (χ2n) is 17.6. The SMILES string of the molecule is CC(C)(C)OC(=O)N1CC(CN(C(=O)C2CN(C(=O)CCN3C(=O)C=CC3=O)CCO2)C(c2nc(-c3cc(F)ccc3F)cn2Cc2ccccc2)C2CCOCC2)C(C)(F)C1. The van der Waals surface area contributed by atoms with Crippen LogP contribution in [0.2, 0.25) is 0 Å². The molecule has 0 radical (unpaired) electrons. The van der Waals surface area contributed by atoms with E-state index in [9.17, 15) is 23.6 Å². The molecule has 4 aliphatic rings. The average molecular weight is 863 g/mol. The van der Waals surface area contributed by atoms with Gasteiger partial charge in [-0.05, 0) is 70.2 Å². The number of alkyl halides is 1. The lowest BCUT2D eigenvalue weighted by Gasteiger charge is -2.43. The monoisotopic (exact) mass is 862 g/mol. The van der Waals surface area contributed by atoms with E-state index in [2.05, 4.69) is 0 Å². The zero-order valence-electron chi connectivity index (χ0n) is 35.4. The lowest BCUT2D eigenvalue weighted by molar-refractivity contribution is -0.159. The van der Waals surface area contributed by atoms with E-state index < -0.39 is 70.7 Å². The highest BCUT2D eigenvalue weighted by Gasteiger charge is 2.50. The summed E-state index contributed by atoms with van der Waals surface area (Å²) >= 11 is 0. The number of amides is 5. The number of hydrogen-bond donors (Lipinski definition) is 0. The number of nitrogens with zero attached hydrogens (tertiary/aromatic N) is 6. The number of hydrogen-bond acceptors (Lipinski definition) is 9. The number of benzene rings is 2. The molecule has 0 saturated carbocycles. The number of imide groups is 1. The Morgan fingerprint density at radius 1 is 0.984 bits per heavy atom. The maximum absolute atomic E-state index is 17.0. The Morgan fingerprint density at radius 3 is 2.39 bits per heavy atom. The van der Waals surface area contributed by atoms with Crippen molar-refractivity contribution in [2.45, 2.75) is 76.9 Å². The molecule has 3 fully saturated rings. The van der Waals surface area contributed by atoms with Crippen LogP contribution in [0.5, 0.6) is 0 Å². The van der Waals surface area contributed by atoms with Crippen LogP contribution in [-0.4, -0.2) is 135 Å². The van der Waals surface area contributed by atoms with Gasteiger partial charge in [-0.2, -0.15) is 0 Å². The van der Waals surface area contributed by atoms with Gasteiger partial charge in [-0.15, -0.1) is 0 Å². The Morgan fingerprint density at radius 2 is 1.69 bits per heavy atom. The molecule has 17 heteroatoms. The van der Waals surface area contributed by atoms with Crippen LogP contribution in [0, 0.1) is 23.5 Å². The molecule has 4 atom stereocenters. The predicted molar refractivity (Wildman–Crippen MR) is 219 cm³/mol. The predicted octanol–water partition coefficient (Wildman–Crippen LogP) is 5.31. The van der Waals surface area contributed by atoms with Gasteiger partial charge in [0, 0.05) is 82.2 Å². The molecule has 3 saturated heterocycles. The van der Waals surface area contributed by atoms with Crippen molar-refractivity contribution in [3.63, 3.8) is 0 Å². The molecule has 62 heavy (non-hydrogen) atoms. The molecular weight excluding hydrogens is 810 g/mol. The van der Waals surface area contributed by atoms with E-state index in [1.54, 1.807) is 36.4 Å². The molecule has 5 heterocycles. The number of ether oxygens (including phenoxy) is 3. The van der Waals surface area contributed by atoms with Crippen molar-refractivity contribution < 1.29 is 51.4 Å². The number of likely N-dealkylation sites (tertiary alicyclic amines) is 1. The highest BCUT2D eigenvalue weighted by molar-refractivity contribution is 6.13. The van der Waals surface area contributed by atoms with Crippen LogP contribution in [0.1, 0.15) is 64.4 Å². The smallest absolute Gasteiger partial charge is 0.410 e.